The summed E-state index contributed by atoms with van der Waals surface area (Å²) in [5.41, 5.74) is 1.26. The summed E-state index contributed by atoms with van der Waals surface area (Å²) in [4.78, 5) is 2.12. The van der Waals surface area contributed by atoms with Crippen LogP contribution in [0.2, 0.25) is 0 Å². The number of pyridine rings is 1. The summed E-state index contributed by atoms with van der Waals surface area (Å²) in [6.07, 6.45) is 8.21. The van der Waals surface area contributed by atoms with Crippen molar-refractivity contribution in [2.45, 2.75) is 32.7 Å². The Balaban J connectivity index is 0.00000196. The first kappa shape index (κ1) is 13.9. The van der Waals surface area contributed by atoms with Gasteiger partial charge in [0, 0.05) is 38.3 Å². The van der Waals surface area contributed by atoms with Crippen molar-refractivity contribution in [2.75, 3.05) is 19.0 Å². The zero-order valence-electron chi connectivity index (χ0n) is 9.91. The zero-order chi connectivity index (χ0) is 10.4. The summed E-state index contributed by atoms with van der Waals surface area (Å²) in [7, 11) is 4.13. The van der Waals surface area contributed by atoms with Gasteiger partial charge in [0.15, 0.2) is 12.4 Å². The Kier molecular flexibility index (Phi) is 6.67. The van der Waals surface area contributed by atoms with Crippen LogP contribution >= 0.6 is 0 Å². The van der Waals surface area contributed by atoms with Crippen molar-refractivity contribution >= 4 is 5.69 Å². The van der Waals surface area contributed by atoms with Gasteiger partial charge in [0.25, 0.3) is 0 Å². The van der Waals surface area contributed by atoms with Crippen LogP contribution in [0.4, 0.5) is 5.69 Å². The summed E-state index contributed by atoms with van der Waals surface area (Å²) in [5, 5.41) is 0. The molecule has 0 saturated carbocycles. The zero-order valence-corrected chi connectivity index (χ0v) is 9.91. The summed E-state index contributed by atoms with van der Waals surface area (Å²) in [5.74, 6) is 0. The van der Waals surface area contributed by atoms with Crippen molar-refractivity contribution < 1.29 is 9.27 Å². The Morgan fingerprint density at radius 2 is 1.73 bits per heavy atom. The predicted molar refractivity (Wildman–Crippen MR) is 60.5 cm³/mol. The van der Waals surface area contributed by atoms with Crippen LogP contribution in [0.25, 0.3) is 0 Å². The van der Waals surface area contributed by atoms with E-state index in [1.807, 2.05) is 0 Å². The Morgan fingerprint density at radius 3 is 2.20 bits per heavy atom. The number of aromatic nitrogens is 1. The van der Waals surface area contributed by atoms with Crippen LogP contribution < -0.4 is 14.2 Å². The molecule has 0 radical (unpaired) electrons. The maximum Gasteiger partial charge on any atom is 0.170 e. The lowest BCUT2D eigenvalue weighted by molar-refractivity contribution is -0.697. The van der Waals surface area contributed by atoms with Gasteiger partial charge in [-0.25, -0.2) is 4.57 Å². The number of rotatable bonds is 5. The van der Waals surface area contributed by atoms with Gasteiger partial charge in [-0.1, -0.05) is 13.3 Å². The summed E-state index contributed by atoms with van der Waals surface area (Å²) >= 11 is 0. The van der Waals surface area contributed by atoms with Crippen LogP contribution in [0.1, 0.15) is 26.2 Å². The molecule has 86 valence electrons. The predicted octanol–water partition coefficient (Wildman–Crippen LogP) is -0.766. The molecule has 1 heterocycles. The van der Waals surface area contributed by atoms with Gasteiger partial charge in [0.2, 0.25) is 0 Å². The third-order valence-corrected chi connectivity index (χ3v) is 2.41. The lowest BCUT2D eigenvalue weighted by Crippen LogP contribution is -3.00. The number of hydrogen-bond donors (Lipinski definition) is 0. The van der Waals surface area contributed by atoms with E-state index < -0.39 is 0 Å². The molecule has 1 aromatic rings. The molecule has 0 amide bonds. The highest BCUT2D eigenvalue weighted by molar-refractivity contribution is 5.41. The summed E-state index contributed by atoms with van der Waals surface area (Å²) < 4.78 is 2.25. The highest BCUT2D eigenvalue weighted by Gasteiger charge is 2.00. The number of anilines is 1. The van der Waals surface area contributed by atoms with Gasteiger partial charge < -0.3 is 9.60 Å². The van der Waals surface area contributed by atoms with Crippen molar-refractivity contribution in [3.63, 3.8) is 0 Å². The van der Waals surface area contributed by atoms with Gasteiger partial charge in [-0.2, -0.15) is 0 Å². The Labute approximate surface area is 91.9 Å². The molecule has 2 nitrogen and oxygen atoms in total. The molecule has 0 aliphatic carbocycles. The normalized spacial score (nSPS) is 9.53. The lowest BCUT2D eigenvalue weighted by Gasteiger charge is -2.10. The van der Waals surface area contributed by atoms with Crippen molar-refractivity contribution in [1.82, 2.24) is 0 Å². The van der Waals surface area contributed by atoms with E-state index in [4.69, 9.17) is 0 Å². The molecule has 1 rings (SSSR count). The van der Waals surface area contributed by atoms with Gasteiger partial charge in [0.05, 0.1) is 0 Å². The van der Waals surface area contributed by atoms with Crippen molar-refractivity contribution in [3.8, 4) is 0 Å². The Hall–Kier alpha value is -1.12. The van der Waals surface area contributed by atoms with Gasteiger partial charge in [0.1, 0.15) is 6.54 Å². The first-order valence-electron chi connectivity index (χ1n) is 5.40. The number of aryl methyl sites for hydroxylation is 1. The molecule has 0 aromatic carbocycles. The second kappa shape index (κ2) is 7.21. The molecular weight excluding hydrogens is 191 g/mol. The third-order valence-electron chi connectivity index (χ3n) is 2.41. The van der Waals surface area contributed by atoms with Crippen molar-refractivity contribution in [1.29, 1.82) is 0 Å². The highest BCUT2D eigenvalue weighted by atomic mass is 19.0. The minimum Gasteiger partial charge on any atom is -1.00 e. The van der Waals surface area contributed by atoms with E-state index in [9.17, 15) is 0 Å². The lowest BCUT2D eigenvalue weighted by atomic mass is 10.2. The Bertz CT molecular complexity index is 257. The molecule has 0 saturated heterocycles. The van der Waals surface area contributed by atoms with Crippen LogP contribution in [0.5, 0.6) is 0 Å². The maximum absolute atomic E-state index is 2.25. The van der Waals surface area contributed by atoms with Gasteiger partial charge in [-0.3, -0.25) is 0 Å². The van der Waals surface area contributed by atoms with Gasteiger partial charge >= 0.3 is 0 Å². The first-order valence-corrected chi connectivity index (χ1v) is 5.40. The van der Waals surface area contributed by atoms with E-state index in [0.717, 1.165) is 6.54 Å². The quantitative estimate of drug-likeness (QED) is 0.459. The number of halogens is 1. The second-order valence-electron chi connectivity index (χ2n) is 3.90. The number of unbranched alkanes of at least 4 members (excludes halogenated alkanes) is 2. The van der Waals surface area contributed by atoms with Crippen LogP contribution in [0.15, 0.2) is 24.5 Å². The van der Waals surface area contributed by atoms with E-state index >= 15 is 0 Å². The molecule has 0 N–H and O–H groups in total. The van der Waals surface area contributed by atoms with E-state index in [0.29, 0.717) is 0 Å². The fourth-order valence-corrected chi connectivity index (χ4v) is 1.44. The molecule has 0 atom stereocenters. The molecule has 0 unspecified atom stereocenters. The minimum absolute atomic E-state index is 0. The SMILES string of the molecule is CCCCC[n+]1ccc(N(C)C)cc1.[F-]. The van der Waals surface area contributed by atoms with Gasteiger partial charge in [-0.15, -0.1) is 0 Å². The molecule has 0 aliphatic rings. The summed E-state index contributed by atoms with van der Waals surface area (Å²) in [6.45, 7) is 3.38. The van der Waals surface area contributed by atoms with Crippen LogP contribution in [0, 0.1) is 0 Å². The minimum atomic E-state index is 0. The first-order chi connectivity index (χ1) is 6.74. The highest BCUT2D eigenvalue weighted by Crippen LogP contribution is 2.06. The van der Waals surface area contributed by atoms with E-state index in [1.54, 1.807) is 0 Å². The molecule has 0 aliphatic heterocycles. The topological polar surface area (TPSA) is 7.12 Å². The van der Waals surface area contributed by atoms with E-state index in [2.05, 4.69) is 55.0 Å². The maximum atomic E-state index is 2.25. The fourth-order valence-electron chi connectivity index (χ4n) is 1.44. The smallest absolute Gasteiger partial charge is 0.170 e. The Morgan fingerprint density at radius 1 is 1.13 bits per heavy atom. The molecule has 1 aromatic heterocycles. The molecule has 3 heteroatoms. The largest absolute Gasteiger partial charge is 1.00 e. The third kappa shape index (κ3) is 4.77. The van der Waals surface area contributed by atoms with Crippen LogP contribution in [0.3, 0.4) is 0 Å². The second-order valence-corrected chi connectivity index (χ2v) is 3.90. The summed E-state index contributed by atoms with van der Waals surface area (Å²) in [6, 6.07) is 4.32. The average molecular weight is 212 g/mol. The van der Waals surface area contributed by atoms with Crippen LogP contribution in [-0.2, 0) is 6.54 Å². The molecule has 0 fully saturated rings. The average Bonchev–Trinajstić information content (AvgIpc) is 2.19. The van der Waals surface area contributed by atoms with Crippen LogP contribution in [-0.4, -0.2) is 14.1 Å². The molecule has 0 bridgehead atoms. The molecule has 0 spiro atoms. The number of hydrogen-bond acceptors (Lipinski definition) is 1. The van der Waals surface area contributed by atoms with Crippen molar-refractivity contribution in [2.24, 2.45) is 0 Å². The van der Waals surface area contributed by atoms with E-state index in [1.165, 1.54) is 24.9 Å². The van der Waals surface area contributed by atoms with Gasteiger partial charge in [-0.05, 0) is 6.42 Å². The van der Waals surface area contributed by atoms with Crippen molar-refractivity contribution in [3.05, 3.63) is 24.5 Å². The monoisotopic (exact) mass is 212 g/mol. The number of nitrogens with zero attached hydrogens (tertiary/aromatic N) is 2. The molecular formula is C12H21FN2. The van der Waals surface area contributed by atoms with E-state index in [-0.39, 0.29) is 4.70 Å². The standard InChI is InChI=1S/C12H21N2.FH/c1-4-5-6-9-14-10-7-12(8-11-14)13(2)3;/h7-8,10-11H,4-6,9H2,1-3H3;1H/q+1;/p-1. The molecule has 15 heavy (non-hydrogen) atoms. The fraction of sp³-hybridized carbons (Fsp3) is 0.583.